The molecule has 0 amide bonds. The highest BCUT2D eigenvalue weighted by molar-refractivity contribution is 5.63. The van der Waals surface area contributed by atoms with Crippen LogP contribution in [0.1, 0.15) is 71.1 Å². The molecule has 0 aliphatic heterocycles. The highest BCUT2D eigenvalue weighted by atomic mass is 16.4. The molecule has 0 saturated heterocycles. The molecule has 0 unspecified atom stereocenters. The van der Waals surface area contributed by atoms with Crippen LogP contribution < -0.4 is 11.3 Å². The van der Waals surface area contributed by atoms with E-state index in [2.05, 4.69) is 6.92 Å². The first-order valence-electron chi connectivity index (χ1n) is 9.37. The molecule has 0 aliphatic rings. The molecule has 0 radical (unpaired) electrons. The number of unbranched alkanes of at least 4 members (excludes halogenated alkanes) is 8. The van der Waals surface area contributed by atoms with Gasteiger partial charge in [0.05, 0.1) is 19.8 Å². The third-order valence-electron chi connectivity index (χ3n) is 3.73. The first-order chi connectivity index (χ1) is 11.6. The second-order valence-electron chi connectivity index (χ2n) is 5.96. The summed E-state index contributed by atoms with van der Waals surface area (Å²) in [5.41, 5.74) is 0. The first kappa shape index (κ1) is 29.0. The number of carboxylic acid groups (broad SMARTS) is 1. The number of hydrogen-bond donors (Lipinski definition) is 4. The molecule has 0 fully saturated rings. The van der Waals surface area contributed by atoms with Gasteiger partial charge in [0, 0.05) is 25.6 Å². The summed E-state index contributed by atoms with van der Waals surface area (Å²) in [7, 11) is 0. The molecule has 7 N–H and O–H groups in total. The van der Waals surface area contributed by atoms with E-state index in [1.807, 2.05) is 0 Å². The van der Waals surface area contributed by atoms with E-state index in [9.17, 15) is 9.90 Å². The smallest absolute Gasteiger partial charge is 0.0558 e. The number of aliphatic carboxylic acids is 1. The molecule has 0 saturated carbocycles. The van der Waals surface area contributed by atoms with Gasteiger partial charge in [-0.25, -0.2) is 0 Å². The van der Waals surface area contributed by atoms with E-state index in [1.165, 1.54) is 44.9 Å². The number of aliphatic hydroxyl groups is 3. The van der Waals surface area contributed by atoms with E-state index < -0.39 is 5.97 Å². The predicted molar refractivity (Wildman–Crippen MR) is 101 cm³/mol. The highest BCUT2D eigenvalue weighted by Gasteiger charge is 2.00. The molecule has 7 heteroatoms. The van der Waals surface area contributed by atoms with E-state index in [0.29, 0.717) is 19.6 Å². The van der Waals surface area contributed by atoms with Gasteiger partial charge in [0.1, 0.15) is 0 Å². The number of aliphatic hydroxyl groups excluding tert-OH is 3. The Labute approximate surface area is 153 Å². The Morgan fingerprint density at radius 1 is 0.760 bits per heavy atom. The monoisotopic (exact) mass is 366 g/mol. The van der Waals surface area contributed by atoms with Gasteiger partial charge >= 0.3 is 0 Å². The zero-order valence-electron chi connectivity index (χ0n) is 16.4. The minimum absolute atomic E-state index is 0. The second-order valence-corrected chi connectivity index (χ2v) is 5.96. The topological polar surface area (TPSA) is 141 Å². The summed E-state index contributed by atoms with van der Waals surface area (Å²) in [5.74, 6) is -0.909. The van der Waals surface area contributed by atoms with Crippen LogP contribution in [0.4, 0.5) is 0 Å². The van der Waals surface area contributed by atoms with Crippen LogP contribution in [0.15, 0.2) is 0 Å². The maximum absolute atomic E-state index is 10.1. The number of carbonyl (C=O) groups is 1. The van der Waals surface area contributed by atoms with Crippen molar-refractivity contribution in [2.75, 3.05) is 39.5 Å². The Morgan fingerprint density at radius 2 is 1.12 bits per heavy atom. The van der Waals surface area contributed by atoms with E-state index in [4.69, 9.17) is 15.3 Å². The van der Waals surface area contributed by atoms with Crippen LogP contribution in [0, 0.1) is 0 Å². The lowest BCUT2D eigenvalue weighted by molar-refractivity contribution is -0.305. The lowest BCUT2D eigenvalue weighted by atomic mass is 10.1. The van der Waals surface area contributed by atoms with Gasteiger partial charge in [-0.05, 0) is 12.8 Å². The van der Waals surface area contributed by atoms with Gasteiger partial charge in [0.15, 0.2) is 0 Å². The Bertz CT molecular complexity index is 241. The summed E-state index contributed by atoms with van der Waals surface area (Å²) in [6.07, 6.45) is 11.2. The number of rotatable bonds is 16. The van der Waals surface area contributed by atoms with Crippen LogP contribution in [0.2, 0.25) is 0 Å². The Morgan fingerprint density at radius 3 is 1.44 bits per heavy atom. The van der Waals surface area contributed by atoms with Crippen molar-refractivity contribution in [2.24, 2.45) is 0 Å². The minimum atomic E-state index is -0.909. The van der Waals surface area contributed by atoms with E-state index >= 15 is 0 Å². The molecular weight excluding hydrogens is 324 g/mol. The van der Waals surface area contributed by atoms with Crippen LogP contribution >= 0.6 is 0 Å². The molecule has 0 heterocycles. The largest absolute Gasteiger partial charge is 0.550 e. The maximum Gasteiger partial charge on any atom is 0.0558 e. The molecule has 0 bridgehead atoms. The molecule has 0 rings (SSSR count). The first-order valence-corrected chi connectivity index (χ1v) is 9.37. The third-order valence-corrected chi connectivity index (χ3v) is 3.73. The fraction of sp³-hybridized carbons (Fsp3) is 0.944. The average Bonchev–Trinajstić information content (AvgIpc) is 2.54. The number of quaternary nitrogens is 1. The van der Waals surface area contributed by atoms with Gasteiger partial charge in [-0.15, -0.1) is 0 Å². The van der Waals surface area contributed by atoms with Crippen molar-refractivity contribution in [3.63, 3.8) is 0 Å². The number of carboxylic acids is 1. The summed E-state index contributed by atoms with van der Waals surface area (Å²) < 4.78 is 0. The number of hydrogen-bond acceptors (Lipinski definition) is 6. The van der Waals surface area contributed by atoms with Gasteiger partial charge in [-0.2, -0.15) is 0 Å². The Balaban J connectivity index is -0.000000392. The zero-order chi connectivity index (χ0) is 18.5. The standard InChI is InChI=1S/C12H24O2.C6H15NO3.H3N/c1-2-3-4-5-6-7-8-9-10-11-12(13)14;8-4-1-7(2-5-9)3-6-10;/h2-11H2,1H3,(H,13,14);8-10H,1-6H2;1H3. The van der Waals surface area contributed by atoms with E-state index in [-0.39, 0.29) is 32.4 Å². The number of carbonyl (C=O) groups excluding carboxylic acids is 1. The molecule has 0 atom stereocenters. The van der Waals surface area contributed by atoms with Crippen molar-refractivity contribution in [1.29, 1.82) is 0 Å². The summed E-state index contributed by atoms with van der Waals surface area (Å²) in [4.78, 5) is 11.9. The lowest BCUT2D eigenvalue weighted by Gasteiger charge is -2.17. The van der Waals surface area contributed by atoms with Gasteiger partial charge < -0.3 is 31.4 Å². The summed E-state index contributed by atoms with van der Waals surface area (Å²) in [6.45, 7) is 3.98. The number of nitrogens with zero attached hydrogens (tertiary/aromatic N) is 1. The van der Waals surface area contributed by atoms with Gasteiger partial charge in [0.2, 0.25) is 0 Å². The lowest BCUT2D eigenvalue weighted by Crippen LogP contribution is -2.32. The van der Waals surface area contributed by atoms with Gasteiger partial charge in [-0.3, -0.25) is 4.90 Å². The fourth-order valence-electron chi connectivity index (χ4n) is 2.34. The van der Waals surface area contributed by atoms with Crippen molar-refractivity contribution < 1.29 is 25.2 Å². The molecule has 0 aromatic heterocycles. The van der Waals surface area contributed by atoms with Crippen LogP contribution in [0.5, 0.6) is 0 Å². The van der Waals surface area contributed by atoms with E-state index in [0.717, 1.165) is 12.8 Å². The quantitative estimate of drug-likeness (QED) is 0.303. The van der Waals surface area contributed by atoms with Crippen molar-refractivity contribution in [3.8, 4) is 0 Å². The van der Waals surface area contributed by atoms with Crippen molar-refractivity contribution in [3.05, 3.63) is 0 Å². The SMILES string of the molecule is CCCCCCCCCCCC(=O)[O-].OCCN(CCO)CCO.[NH4+]. The third kappa shape index (κ3) is 28.4. The fourth-order valence-corrected chi connectivity index (χ4v) is 2.34. The van der Waals surface area contributed by atoms with Crippen molar-refractivity contribution in [1.82, 2.24) is 11.1 Å². The normalized spacial score (nSPS) is 10.1. The zero-order valence-corrected chi connectivity index (χ0v) is 16.4. The molecule has 7 nitrogen and oxygen atoms in total. The van der Waals surface area contributed by atoms with E-state index in [1.54, 1.807) is 4.90 Å². The molecule has 0 spiro atoms. The summed E-state index contributed by atoms with van der Waals surface area (Å²) >= 11 is 0. The molecule has 154 valence electrons. The van der Waals surface area contributed by atoms with Crippen molar-refractivity contribution >= 4 is 5.97 Å². The van der Waals surface area contributed by atoms with Gasteiger partial charge in [-0.1, -0.05) is 58.3 Å². The average molecular weight is 367 g/mol. The summed E-state index contributed by atoms with van der Waals surface area (Å²) in [6, 6.07) is 0. The summed E-state index contributed by atoms with van der Waals surface area (Å²) in [5, 5.41) is 35.6. The maximum atomic E-state index is 10.1. The Hall–Kier alpha value is -0.730. The molecule has 25 heavy (non-hydrogen) atoms. The van der Waals surface area contributed by atoms with Crippen LogP contribution in [-0.4, -0.2) is 65.6 Å². The van der Waals surface area contributed by atoms with Crippen LogP contribution in [0.25, 0.3) is 0 Å². The predicted octanol–water partition coefficient (Wildman–Crippen LogP) is 1.30. The van der Waals surface area contributed by atoms with Crippen LogP contribution in [0.3, 0.4) is 0 Å². The second kappa shape index (κ2) is 25.5. The molecule has 0 aromatic rings. The van der Waals surface area contributed by atoms with Crippen molar-refractivity contribution in [2.45, 2.75) is 71.1 Å². The molecule has 0 aromatic carbocycles. The van der Waals surface area contributed by atoms with Crippen LogP contribution in [-0.2, 0) is 4.79 Å². The highest BCUT2D eigenvalue weighted by Crippen LogP contribution is 2.10. The minimum Gasteiger partial charge on any atom is -0.550 e. The molecular formula is C18H42N2O5. The van der Waals surface area contributed by atoms with Gasteiger partial charge in [0.25, 0.3) is 0 Å². The molecule has 0 aliphatic carbocycles. The Kier molecular flexibility index (Phi) is 29.6.